The first-order valence-electron chi connectivity index (χ1n) is 3.08. The number of hydrogen-bond acceptors (Lipinski definition) is 3. The molecule has 50 valence electrons. The molecule has 0 aromatic carbocycles. The van der Waals surface area contributed by atoms with Gasteiger partial charge in [-0.2, -0.15) is 0 Å². The van der Waals surface area contributed by atoms with E-state index in [1.807, 2.05) is 6.92 Å². The van der Waals surface area contributed by atoms with Crippen LogP contribution in [0.5, 0.6) is 0 Å². The Labute approximate surface area is 53.7 Å². The van der Waals surface area contributed by atoms with Crippen LogP contribution in [-0.2, 0) is 9.47 Å². The predicted molar refractivity (Wildman–Crippen MR) is 32.6 cm³/mol. The van der Waals surface area contributed by atoms with Gasteiger partial charge in [0.2, 0.25) is 0 Å². The minimum absolute atomic E-state index is 0.0318. The molecule has 0 saturated carbocycles. The van der Waals surface area contributed by atoms with Gasteiger partial charge in [0.1, 0.15) is 12.1 Å². The van der Waals surface area contributed by atoms with E-state index in [4.69, 9.17) is 9.47 Å². The normalized spacial score (nSPS) is 29.2. The molecule has 2 heterocycles. The van der Waals surface area contributed by atoms with Crippen LogP contribution in [0.3, 0.4) is 0 Å². The first kappa shape index (κ1) is 5.23. The summed E-state index contributed by atoms with van der Waals surface area (Å²) < 4.78 is 10.2. The van der Waals surface area contributed by atoms with E-state index in [1.54, 1.807) is 0 Å². The fourth-order valence-corrected chi connectivity index (χ4v) is 1.12. The SMILES string of the molecule is CC1=NC2(COC2)CO1. The summed E-state index contributed by atoms with van der Waals surface area (Å²) in [6.45, 7) is 4.08. The van der Waals surface area contributed by atoms with Crippen LogP contribution >= 0.6 is 0 Å². The molecule has 1 spiro atoms. The van der Waals surface area contributed by atoms with Crippen molar-refractivity contribution in [3.63, 3.8) is 0 Å². The maximum Gasteiger partial charge on any atom is 0.180 e. The predicted octanol–water partition coefficient (Wildman–Crippen LogP) is 0.204. The van der Waals surface area contributed by atoms with Crippen molar-refractivity contribution >= 4 is 5.90 Å². The van der Waals surface area contributed by atoms with Crippen molar-refractivity contribution in [2.45, 2.75) is 12.5 Å². The van der Waals surface area contributed by atoms with Gasteiger partial charge in [-0.25, -0.2) is 4.99 Å². The summed E-state index contributed by atoms with van der Waals surface area (Å²) in [6.07, 6.45) is 0. The molecule has 0 radical (unpaired) electrons. The van der Waals surface area contributed by atoms with Crippen molar-refractivity contribution < 1.29 is 9.47 Å². The summed E-state index contributed by atoms with van der Waals surface area (Å²) in [5, 5.41) is 0. The minimum Gasteiger partial charge on any atom is -0.478 e. The summed E-state index contributed by atoms with van der Waals surface area (Å²) in [6, 6.07) is 0. The average Bonchev–Trinajstić information content (AvgIpc) is 2.09. The van der Waals surface area contributed by atoms with Gasteiger partial charge in [0, 0.05) is 6.92 Å². The van der Waals surface area contributed by atoms with E-state index in [9.17, 15) is 0 Å². The summed E-state index contributed by atoms with van der Waals surface area (Å²) in [4.78, 5) is 4.30. The van der Waals surface area contributed by atoms with Gasteiger partial charge in [-0.15, -0.1) is 0 Å². The zero-order valence-electron chi connectivity index (χ0n) is 5.39. The summed E-state index contributed by atoms with van der Waals surface area (Å²) >= 11 is 0. The molecule has 2 aliphatic heterocycles. The monoisotopic (exact) mass is 127 g/mol. The molecule has 2 aliphatic rings. The fourth-order valence-electron chi connectivity index (χ4n) is 1.12. The van der Waals surface area contributed by atoms with Crippen LogP contribution in [-0.4, -0.2) is 31.3 Å². The van der Waals surface area contributed by atoms with E-state index in [0.717, 1.165) is 25.7 Å². The van der Waals surface area contributed by atoms with Gasteiger partial charge in [-0.05, 0) is 0 Å². The molecule has 0 aromatic rings. The summed E-state index contributed by atoms with van der Waals surface area (Å²) in [5.41, 5.74) is 0.0318. The van der Waals surface area contributed by atoms with E-state index in [2.05, 4.69) is 4.99 Å². The third-order valence-corrected chi connectivity index (χ3v) is 1.69. The molecular formula is C6H9NO2. The number of aliphatic imine (C=N–C) groups is 1. The smallest absolute Gasteiger partial charge is 0.180 e. The molecule has 1 fully saturated rings. The molecule has 0 amide bonds. The van der Waals surface area contributed by atoms with Crippen LogP contribution in [0.15, 0.2) is 4.99 Å². The third-order valence-electron chi connectivity index (χ3n) is 1.69. The Kier molecular flexibility index (Phi) is 0.858. The highest BCUT2D eigenvalue weighted by Gasteiger charge is 2.42. The van der Waals surface area contributed by atoms with Crippen LogP contribution in [0.25, 0.3) is 0 Å². The second kappa shape index (κ2) is 1.48. The van der Waals surface area contributed by atoms with E-state index < -0.39 is 0 Å². The van der Waals surface area contributed by atoms with Crippen molar-refractivity contribution in [3.8, 4) is 0 Å². The largest absolute Gasteiger partial charge is 0.478 e. The Hall–Kier alpha value is -0.570. The number of ether oxygens (including phenoxy) is 2. The van der Waals surface area contributed by atoms with E-state index in [-0.39, 0.29) is 5.54 Å². The second-order valence-corrected chi connectivity index (χ2v) is 2.64. The first-order valence-corrected chi connectivity index (χ1v) is 3.08. The quantitative estimate of drug-likeness (QED) is 0.465. The average molecular weight is 127 g/mol. The highest BCUT2D eigenvalue weighted by atomic mass is 16.5. The molecule has 9 heavy (non-hydrogen) atoms. The van der Waals surface area contributed by atoms with E-state index in [1.165, 1.54) is 0 Å². The lowest BCUT2D eigenvalue weighted by atomic mass is 10.0. The molecule has 2 rings (SSSR count). The molecule has 3 nitrogen and oxygen atoms in total. The zero-order chi connectivity index (χ0) is 6.32. The molecule has 0 bridgehead atoms. The maximum absolute atomic E-state index is 5.18. The minimum atomic E-state index is 0.0318. The van der Waals surface area contributed by atoms with Gasteiger partial charge in [0.15, 0.2) is 5.90 Å². The Balaban J connectivity index is 2.15. The van der Waals surface area contributed by atoms with Crippen molar-refractivity contribution in [2.75, 3.05) is 19.8 Å². The van der Waals surface area contributed by atoms with Gasteiger partial charge < -0.3 is 9.47 Å². The molecule has 1 saturated heterocycles. The standard InChI is InChI=1S/C6H9NO2/c1-5-7-6(4-9-5)2-8-3-6/h2-4H2,1H3. The molecule has 0 unspecified atom stereocenters. The molecule has 0 aromatic heterocycles. The van der Waals surface area contributed by atoms with Gasteiger partial charge in [-0.3, -0.25) is 0 Å². The first-order chi connectivity index (χ1) is 4.31. The topological polar surface area (TPSA) is 30.8 Å². The van der Waals surface area contributed by atoms with Crippen molar-refractivity contribution in [3.05, 3.63) is 0 Å². The van der Waals surface area contributed by atoms with Gasteiger partial charge in [-0.1, -0.05) is 0 Å². The molecule has 0 N–H and O–H groups in total. The highest BCUT2D eigenvalue weighted by Crippen LogP contribution is 2.26. The highest BCUT2D eigenvalue weighted by molar-refractivity contribution is 5.75. The molecule has 0 aliphatic carbocycles. The van der Waals surface area contributed by atoms with Crippen LogP contribution in [0.2, 0.25) is 0 Å². The van der Waals surface area contributed by atoms with Gasteiger partial charge in [0.05, 0.1) is 13.2 Å². The van der Waals surface area contributed by atoms with E-state index in [0.29, 0.717) is 0 Å². The van der Waals surface area contributed by atoms with Crippen LogP contribution < -0.4 is 0 Å². The second-order valence-electron chi connectivity index (χ2n) is 2.64. The van der Waals surface area contributed by atoms with E-state index >= 15 is 0 Å². The molecule has 0 atom stereocenters. The van der Waals surface area contributed by atoms with Gasteiger partial charge >= 0.3 is 0 Å². The Morgan fingerprint density at radius 3 is 2.44 bits per heavy atom. The lowest BCUT2D eigenvalue weighted by Crippen LogP contribution is -2.49. The van der Waals surface area contributed by atoms with Crippen LogP contribution in [0.4, 0.5) is 0 Å². The van der Waals surface area contributed by atoms with Gasteiger partial charge in [0.25, 0.3) is 0 Å². The summed E-state index contributed by atoms with van der Waals surface area (Å²) in [7, 11) is 0. The number of rotatable bonds is 0. The number of hydrogen-bond donors (Lipinski definition) is 0. The van der Waals surface area contributed by atoms with Crippen molar-refractivity contribution in [1.29, 1.82) is 0 Å². The Morgan fingerprint density at radius 1 is 1.44 bits per heavy atom. The fraction of sp³-hybridized carbons (Fsp3) is 0.833. The van der Waals surface area contributed by atoms with Crippen LogP contribution in [0, 0.1) is 0 Å². The zero-order valence-corrected chi connectivity index (χ0v) is 5.39. The summed E-state index contributed by atoms with van der Waals surface area (Å²) in [5.74, 6) is 0.804. The molecular weight excluding hydrogens is 118 g/mol. The Bertz CT molecular complexity index is 160. The maximum atomic E-state index is 5.18. The van der Waals surface area contributed by atoms with Crippen molar-refractivity contribution in [1.82, 2.24) is 0 Å². The lowest BCUT2D eigenvalue weighted by molar-refractivity contribution is -0.0607. The Morgan fingerprint density at radius 2 is 2.22 bits per heavy atom. The lowest BCUT2D eigenvalue weighted by Gasteiger charge is -2.32. The molecule has 3 heteroatoms. The van der Waals surface area contributed by atoms with Crippen molar-refractivity contribution in [2.24, 2.45) is 4.99 Å². The van der Waals surface area contributed by atoms with Crippen LogP contribution in [0.1, 0.15) is 6.92 Å². The number of nitrogens with zero attached hydrogens (tertiary/aromatic N) is 1. The third kappa shape index (κ3) is 0.645.